The number of aromatic nitrogens is 1. The van der Waals surface area contributed by atoms with Crippen LogP contribution in [0, 0.1) is 24.0 Å². The third-order valence-electron chi connectivity index (χ3n) is 3.81. The molecule has 1 heterocycles. The van der Waals surface area contributed by atoms with Gasteiger partial charge in [-0.25, -0.2) is 8.78 Å². The van der Waals surface area contributed by atoms with Gasteiger partial charge in [0.2, 0.25) is 5.91 Å². The molecule has 2 aromatic carbocycles. The van der Waals surface area contributed by atoms with Gasteiger partial charge >= 0.3 is 0 Å². The maximum absolute atomic E-state index is 14.2. The molecule has 144 valence electrons. The normalized spacial score (nSPS) is 11.6. The highest BCUT2D eigenvalue weighted by Crippen LogP contribution is 2.23. The molecule has 8 heteroatoms. The maximum atomic E-state index is 14.2. The first-order valence-corrected chi connectivity index (χ1v) is 10.1. The van der Waals surface area contributed by atoms with Gasteiger partial charge in [0.25, 0.3) is 0 Å². The number of thioether (sulfide) groups is 1. The monoisotopic (exact) mass is 418 g/mol. The quantitative estimate of drug-likeness (QED) is 0.444. The summed E-state index contributed by atoms with van der Waals surface area (Å²) >= 11 is 2.55. The second-order valence-corrected chi connectivity index (χ2v) is 7.87. The van der Waals surface area contributed by atoms with Crippen LogP contribution in [0.5, 0.6) is 5.75 Å². The van der Waals surface area contributed by atoms with Crippen LogP contribution in [0.1, 0.15) is 6.42 Å². The number of ether oxygens (including phenoxy) is 1. The van der Waals surface area contributed by atoms with Gasteiger partial charge in [0.15, 0.2) is 10.6 Å². The number of amides is 1. The molecule has 0 unspecified atom stereocenters. The summed E-state index contributed by atoms with van der Waals surface area (Å²) in [4.78, 5) is 17.6. The van der Waals surface area contributed by atoms with Crippen molar-refractivity contribution >= 4 is 39.2 Å². The second-order valence-electron chi connectivity index (χ2n) is 5.69. The highest BCUT2D eigenvalue weighted by Gasteiger charge is 2.13. The summed E-state index contributed by atoms with van der Waals surface area (Å²) in [5, 5.41) is 0. The number of hydrogen-bond donors (Lipinski definition) is 0. The largest absolute Gasteiger partial charge is 0.497 e. The molecule has 1 aromatic heterocycles. The van der Waals surface area contributed by atoms with Crippen molar-refractivity contribution in [1.29, 1.82) is 0 Å². The zero-order valence-corrected chi connectivity index (χ0v) is 16.6. The molecule has 0 radical (unpaired) electrons. The van der Waals surface area contributed by atoms with Crippen molar-refractivity contribution < 1.29 is 18.3 Å². The number of nitrogens with zero attached hydrogens (tertiary/aromatic N) is 2. The zero-order valence-electron chi connectivity index (χ0n) is 14.9. The third-order valence-corrected chi connectivity index (χ3v) is 5.85. The predicted octanol–water partition coefficient (Wildman–Crippen LogP) is 4.23. The number of halogens is 2. The lowest BCUT2D eigenvalue weighted by molar-refractivity contribution is -0.117. The molecule has 28 heavy (non-hydrogen) atoms. The van der Waals surface area contributed by atoms with E-state index in [1.165, 1.54) is 22.4 Å². The average molecular weight is 418 g/mol. The number of rotatable bonds is 6. The molecule has 0 saturated carbocycles. The minimum absolute atomic E-state index is 0.0370. The van der Waals surface area contributed by atoms with Crippen LogP contribution in [0.15, 0.2) is 46.3 Å². The van der Waals surface area contributed by atoms with E-state index in [-0.39, 0.29) is 29.2 Å². The SMILES string of the molecule is C#CCn1c(=NC(=O)CCSc2ccc(OC)cc2)sc2cc(F)cc(F)c21. The number of fused-ring (bicyclic) bond motifs is 1. The molecule has 3 rings (SSSR count). The van der Waals surface area contributed by atoms with Crippen LogP contribution >= 0.6 is 23.1 Å². The van der Waals surface area contributed by atoms with Crippen molar-refractivity contribution in [2.75, 3.05) is 12.9 Å². The van der Waals surface area contributed by atoms with Gasteiger partial charge in [-0.3, -0.25) is 4.79 Å². The van der Waals surface area contributed by atoms with Crippen LogP contribution < -0.4 is 9.54 Å². The van der Waals surface area contributed by atoms with E-state index in [2.05, 4.69) is 10.9 Å². The standard InChI is InChI=1S/C20H16F2N2O2S2/c1-3-9-24-19-16(22)11-13(21)12-17(19)28-20(24)23-18(25)8-10-27-15-6-4-14(26-2)5-7-15/h1,4-7,11-12H,8-10H2,2H3. The molecule has 1 amide bonds. The Kier molecular flexibility index (Phi) is 6.49. The summed E-state index contributed by atoms with van der Waals surface area (Å²) in [7, 11) is 1.60. The van der Waals surface area contributed by atoms with Crippen molar-refractivity contribution in [2.45, 2.75) is 17.9 Å². The number of benzene rings is 2. The number of carbonyl (C=O) groups is 1. The Morgan fingerprint density at radius 2 is 2.07 bits per heavy atom. The fraction of sp³-hybridized carbons (Fsp3) is 0.200. The molecule has 0 aliphatic heterocycles. The molecular formula is C20H16F2N2O2S2. The van der Waals surface area contributed by atoms with Crippen molar-refractivity contribution in [3.05, 3.63) is 52.8 Å². The number of carbonyl (C=O) groups excluding carboxylic acids is 1. The third kappa shape index (κ3) is 4.61. The van der Waals surface area contributed by atoms with Crippen molar-refractivity contribution in [2.24, 2.45) is 4.99 Å². The molecular weight excluding hydrogens is 402 g/mol. The molecule has 0 saturated heterocycles. The molecule has 0 fully saturated rings. The lowest BCUT2D eigenvalue weighted by Crippen LogP contribution is -2.17. The topological polar surface area (TPSA) is 43.6 Å². The molecule has 3 aromatic rings. The Hall–Kier alpha value is -2.63. The summed E-state index contributed by atoms with van der Waals surface area (Å²) < 4.78 is 34.5. The van der Waals surface area contributed by atoms with Gasteiger partial charge in [-0.1, -0.05) is 17.3 Å². The van der Waals surface area contributed by atoms with Crippen LogP contribution in [-0.2, 0) is 11.3 Å². The Morgan fingerprint density at radius 1 is 1.32 bits per heavy atom. The van der Waals surface area contributed by atoms with E-state index < -0.39 is 11.6 Å². The Morgan fingerprint density at radius 3 is 2.75 bits per heavy atom. The Balaban J connectivity index is 1.77. The first-order valence-electron chi connectivity index (χ1n) is 8.28. The second kappa shape index (κ2) is 9.04. The molecule has 0 aliphatic carbocycles. The number of methoxy groups -OCH3 is 1. The first-order chi connectivity index (χ1) is 13.5. The molecule has 0 spiro atoms. The summed E-state index contributed by atoms with van der Waals surface area (Å²) in [6.07, 6.45) is 5.56. The molecule has 0 aliphatic rings. The van der Waals surface area contributed by atoms with Gasteiger partial charge in [-0.15, -0.1) is 18.2 Å². The van der Waals surface area contributed by atoms with E-state index in [9.17, 15) is 13.6 Å². The van der Waals surface area contributed by atoms with Gasteiger partial charge < -0.3 is 9.30 Å². The fourth-order valence-corrected chi connectivity index (χ4v) is 4.47. The minimum atomic E-state index is -0.731. The van der Waals surface area contributed by atoms with E-state index in [0.717, 1.165) is 28.0 Å². The molecule has 0 bridgehead atoms. The van der Waals surface area contributed by atoms with E-state index >= 15 is 0 Å². The fourth-order valence-electron chi connectivity index (χ4n) is 2.54. The van der Waals surface area contributed by atoms with Crippen molar-refractivity contribution in [3.63, 3.8) is 0 Å². The molecule has 0 atom stereocenters. The smallest absolute Gasteiger partial charge is 0.249 e. The highest BCUT2D eigenvalue weighted by atomic mass is 32.2. The van der Waals surface area contributed by atoms with E-state index in [4.69, 9.17) is 11.2 Å². The van der Waals surface area contributed by atoms with Gasteiger partial charge in [0.05, 0.1) is 23.9 Å². The zero-order chi connectivity index (χ0) is 20.1. The molecule has 4 nitrogen and oxygen atoms in total. The van der Waals surface area contributed by atoms with E-state index in [0.29, 0.717) is 10.5 Å². The van der Waals surface area contributed by atoms with Crippen LogP contribution in [0.2, 0.25) is 0 Å². The van der Waals surface area contributed by atoms with Crippen molar-refractivity contribution in [3.8, 4) is 18.1 Å². The van der Waals surface area contributed by atoms with Crippen LogP contribution in [0.3, 0.4) is 0 Å². The van der Waals surface area contributed by atoms with Crippen LogP contribution in [-0.4, -0.2) is 23.3 Å². The van der Waals surface area contributed by atoms with E-state index in [1.54, 1.807) is 7.11 Å². The Bertz CT molecular complexity index is 1110. The van der Waals surface area contributed by atoms with Crippen LogP contribution in [0.25, 0.3) is 10.2 Å². The summed E-state index contributed by atoms with van der Waals surface area (Å²) in [6.45, 7) is 0.0370. The summed E-state index contributed by atoms with van der Waals surface area (Å²) in [5.41, 5.74) is 0.156. The number of terminal acetylenes is 1. The van der Waals surface area contributed by atoms with Crippen molar-refractivity contribution in [1.82, 2.24) is 4.57 Å². The average Bonchev–Trinajstić information content (AvgIpc) is 2.99. The first kappa shape index (κ1) is 20.1. The molecule has 0 N–H and O–H groups in total. The summed E-state index contributed by atoms with van der Waals surface area (Å²) in [6, 6.07) is 9.52. The van der Waals surface area contributed by atoms with Gasteiger partial charge in [-0.2, -0.15) is 4.99 Å². The lowest BCUT2D eigenvalue weighted by Gasteiger charge is -2.02. The summed E-state index contributed by atoms with van der Waals surface area (Å²) in [5.74, 6) is 1.95. The van der Waals surface area contributed by atoms with Gasteiger partial charge in [-0.05, 0) is 30.3 Å². The lowest BCUT2D eigenvalue weighted by atomic mass is 10.3. The predicted molar refractivity (Wildman–Crippen MR) is 107 cm³/mol. The van der Waals surface area contributed by atoms with E-state index in [1.807, 2.05) is 24.3 Å². The number of hydrogen-bond acceptors (Lipinski definition) is 4. The highest BCUT2D eigenvalue weighted by molar-refractivity contribution is 7.99. The maximum Gasteiger partial charge on any atom is 0.249 e. The van der Waals surface area contributed by atoms with Gasteiger partial charge in [0.1, 0.15) is 11.6 Å². The van der Waals surface area contributed by atoms with Gasteiger partial charge in [0, 0.05) is 23.1 Å². The Labute approximate surface area is 168 Å². The minimum Gasteiger partial charge on any atom is -0.497 e. The van der Waals surface area contributed by atoms with Crippen LogP contribution in [0.4, 0.5) is 8.78 Å². The number of thiazole rings is 1.